The van der Waals surface area contributed by atoms with Crippen LogP contribution >= 0.6 is 12.2 Å². The lowest BCUT2D eigenvalue weighted by Gasteiger charge is -2.31. The summed E-state index contributed by atoms with van der Waals surface area (Å²) in [5.41, 5.74) is 2.13. The number of hydrogen-bond acceptors (Lipinski definition) is 3. The molecule has 0 unspecified atom stereocenters. The highest BCUT2D eigenvalue weighted by molar-refractivity contribution is 7.91. The Hall–Kier alpha value is -1.18. The number of aryl methyl sites for hydroxylation is 1. The van der Waals surface area contributed by atoms with Crippen LogP contribution in [0.5, 0.6) is 0 Å². The lowest BCUT2D eigenvalue weighted by atomic mass is 10.2. The van der Waals surface area contributed by atoms with E-state index in [2.05, 4.69) is 19.4 Å². The molecule has 1 heterocycles. The van der Waals surface area contributed by atoms with Crippen LogP contribution in [0.15, 0.2) is 24.3 Å². The Bertz CT molecular complexity index is 642. The molecule has 0 radical (unpaired) electrons. The highest BCUT2D eigenvalue weighted by Crippen LogP contribution is 2.19. The van der Waals surface area contributed by atoms with Crippen molar-refractivity contribution in [2.24, 2.45) is 0 Å². The molecule has 1 aromatic rings. The van der Waals surface area contributed by atoms with Crippen LogP contribution in [0.1, 0.15) is 12.0 Å². The Morgan fingerprint density at radius 2 is 2.00 bits per heavy atom. The van der Waals surface area contributed by atoms with Gasteiger partial charge in [0.05, 0.1) is 38.7 Å². The highest BCUT2D eigenvalue weighted by atomic mass is 32.2. The Labute approximate surface area is 144 Å². The van der Waals surface area contributed by atoms with Crippen molar-refractivity contribution in [1.82, 2.24) is 4.90 Å². The van der Waals surface area contributed by atoms with Gasteiger partial charge in [-0.1, -0.05) is 17.7 Å². The summed E-state index contributed by atoms with van der Waals surface area (Å²) in [6.07, 6.45) is 0.654. The smallest absolute Gasteiger partial charge is 0.173 e. The summed E-state index contributed by atoms with van der Waals surface area (Å²) >= 11 is 5.56. The lowest BCUT2D eigenvalue weighted by molar-refractivity contribution is -0.857. The predicted octanol–water partition coefficient (Wildman–Crippen LogP) is 0.325. The van der Waals surface area contributed by atoms with Gasteiger partial charge in [-0.3, -0.25) is 0 Å². The van der Waals surface area contributed by atoms with Crippen molar-refractivity contribution >= 4 is 32.9 Å². The van der Waals surface area contributed by atoms with Crippen molar-refractivity contribution in [3.05, 3.63) is 29.8 Å². The molecule has 0 saturated carbocycles. The summed E-state index contributed by atoms with van der Waals surface area (Å²) in [5, 5.41) is 3.86. The van der Waals surface area contributed by atoms with E-state index in [0.29, 0.717) is 11.5 Å². The number of thiocarbonyl (C=S) groups is 1. The maximum Gasteiger partial charge on any atom is 0.173 e. The van der Waals surface area contributed by atoms with E-state index in [0.717, 1.165) is 18.8 Å². The Kier molecular flexibility index (Phi) is 6.00. The number of nitrogens with one attached hydrogen (secondary N) is 2. The zero-order chi connectivity index (χ0) is 17.0. The van der Waals surface area contributed by atoms with Crippen LogP contribution in [0, 0.1) is 6.92 Å². The molecule has 0 aliphatic carbocycles. The summed E-state index contributed by atoms with van der Waals surface area (Å²) < 4.78 is 23.6. The zero-order valence-corrected chi connectivity index (χ0v) is 15.6. The SMILES string of the molecule is Cc1ccc(NC(=S)N(CC[NH+](C)C)[C@@H]2CCS(=O)(=O)C2)cc1. The van der Waals surface area contributed by atoms with Gasteiger partial charge in [0.2, 0.25) is 0 Å². The number of nitrogens with zero attached hydrogens (tertiary/aromatic N) is 1. The fourth-order valence-electron chi connectivity index (χ4n) is 2.65. The minimum Gasteiger partial charge on any atom is -0.339 e. The van der Waals surface area contributed by atoms with E-state index in [1.807, 2.05) is 36.1 Å². The molecule has 0 aromatic heterocycles. The van der Waals surface area contributed by atoms with Gasteiger partial charge in [-0.15, -0.1) is 0 Å². The molecule has 1 aliphatic rings. The first-order valence-electron chi connectivity index (χ1n) is 7.90. The highest BCUT2D eigenvalue weighted by Gasteiger charge is 2.33. The van der Waals surface area contributed by atoms with Gasteiger partial charge in [-0.05, 0) is 37.7 Å². The van der Waals surface area contributed by atoms with E-state index in [4.69, 9.17) is 12.2 Å². The van der Waals surface area contributed by atoms with Gasteiger partial charge in [0.25, 0.3) is 0 Å². The van der Waals surface area contributed by atoms with E-state index < -0.39 is 9.84 Å². The van der Waals surface area contributed by atoms with Crippen molar-refractivity contribution in [2.45, 2.75) is 19.4 Å². The molecule has 0 bridgehead atoms. The second-order valence-electron chi connectivity index (χ2n) is 6.50. The monoisotopic (exact) mass is 356 g/mol. The number of likely N-dealkylation sites (N-methyl/N-ethyl adjacent to an activating group) is 1. The molecule has 23 heavy (non-hydrogen) atoms. The maximum atomic E-state index is 11.8. The first-order valence-corrected chi connectivity index (χ1v) is 10.1. The minimum absolute atomic E-state index is 0.0233. The maximum absolute atomic E-state index is 11.8. The fraction of sp³-hybridized carbons (Fsp3) is 0.562. The van der Waals surface area contributed by atoms with Gasteiger partial charge in [-0.2, -0.15) is 0 Å². The quantitative estimate of drug-likeness (QED) is 0.745. The third-order valence-electron chi connectivity index (χ3n) is 4.07. The molecular formula is C16H26N3O2S2+. The third-order valence-corrected chi connectivity index (χ3v) is 6.15. The molecule has 0 spiro atoms. The van der Waals surface area contributed by atoms with Gasteiger partial charge in [0.15, 0.2) is 14.9 Å². The van der Waals surface area contributed by atoms with Crippen LogP contribution in [0.3, 0.4) is 0 Å². The van der Waals surface area contributed by atoms with Crippen molar-refractivity contribution in [3.63, 3.8) is 0 Å². The average Bonchev–Trinajstić information content (AvgIpc) is 2.81. The molecule has 1 aromatic carbocycles. The Balaban J connectivity index is 2.09. The van der Waals surface area contributed by atoms with Gasteiger partial charge in [0.1, 0.15) is 0 Å². The van der Waals surface area contributed by atoms with Crippen molar-refractivity contribution in [1.29, 1.82) is 0 Å². The molecule has 5 nitrogen and oxygen atoms in total. The van der Waals surface area contributed by atoms with Gasteiger partial charge < -0.3 is 15.1 Å². The molecule has 1 fully saturated rings. The number of hydrogen-bond donors (Lipinski definition) is 2. The molecule has 1 aliphatic heterocycles. The minimum atomic E-state index is -2.93. The molecule has 0 amide bonds. The van der Waals surface area contributed by atoms with Crippen LogP contribution in [0.4, 0.5) is 5.69 Å². The molecule has 7 heteroatoms. The largest absolute Gasteiger partial charge is 0.339 e. The van der Waals surface area contributed by atoms with E-state index in [-0.39, 0.29) is 17.5 Å². The van der Waals surface area contributed by atoms with E-state index >= 15 is 0 Å². The zero-order valence-electron chi connectivity index (χ0n) is 14.0. The molecule has 1 atom stereocenters. The number of anilines is 1. The normalized spacial score (nSPS) is 19.7. The topological polar surface area (TPSA) is 53.9 Å². The van der Waals surface area contributed by atoms with Crippen LogP contribution in [0.2, 0.25) is 0 Å². The summed E-state index contributed by atoms with van der Waals surface area (Å²) in [4.78, 5) is 3.36. The predicted molar refractivity (Wildman–Crippen MR) is 98.8 cm³/mol. The standard InChI is InChI=1S/C16H25N3O2S2/c1-13-4-6-14(7-5-13)17-16(22)19(10-9-18(2)3)15-8-11-23(20,21)12-15/h4-7,15H,8-12H2,1-3H3,(H,17,22)/p+1/t15-/m1/s1. The number of sulfone groups is 1. The summed E-state index contributed by atoms with van der Waals surface area (Å²) in [5.74, 6) is 0.460. The number of benzene rings is 1. The van der Waals surface area contributed by atoms with Crippen molar-refractivity contribution < 1.29 is 13.3 Å². The lowest BCUT2D eigenvalue weighted by Crippen LogP contribution is -3.06. The van der Waals surface area contributed by atoms with Gasteiger partial charge >= 0.3 is 0 Å². The van der Waals surface area contributed by atoms with Gasteiger partial charge in [0, 0.05) is 11.7 Å². The molecule has 1 saturated heterocycles. The van der Waals surface area contributed by atoms with Crippen LogP contribution < -0.4 is 10.2 Å². The summed E-state index contributed by atoms with van der Waals surface area (Å²) in [7, 11) is 1.24. The second-order valence-corrected chi connectivity index (χ2v) is 9.12. The fourth-order valence-corrected chi connectivity index (χ4v) is 4.74. The van der Waals surface area contributed by atoms with Crippen LogP contribution in [0.25, 0.3) is 0 Å². The first kappa shape index (κ1) is 18.2. The van der Waals surface area contributed by atoms with Crippen molar-refractivity contribution in [2.75, 3.05) is 44.0 Å². The number of rotatable bonds is 5. The van der Waals surface area contributed by atoms with E-state index in [9.17, 15) is 8.42 Å². The number of quaternary nitrogens is 1. The molecular weight excluding hydrogens is 330 g/mol. The second kappa shape index (κ2) is 7.59. The van der Waals surface area contributed by atoms with E-state index in [1.165, 1.54) is 10.5 Å². The van der Waals surface area contributed by atoms with E-state index in [1.54, 1.807) is 0 Å². The summed E-state index contributed by atoms with van der Waals surface area (Å²) in [6, 6.07) is 8.01. The first-order chi connectivity index (χ1) is 10.8. The Morgan fingerprint density at radius 1 is 1.35 bits per heavy atom. The molecule has 2 rings (SSSR count). The van der Waals surface area contributed by atoms with Crippen molar-refractivity contribution in [3.8, 4) is 0 Å². The third kappa shape index (κ3) is 5.44. The molecule has 2 N–H and O–H groups in total. The average molecular weight is 357 g/mol. The van der Waals surface area contributed by atoms with Gasteiger partial charge in [-0.25, -0.2) is 8.42 Å². The Morgan fingerprint density at radius 3 is 2.52 bits per heavy atom. The summed E-state index contributed by atoms with van der Waals surface area (Å²) in [6.45, 7) is 3.70. The van der Waals surface area contributed by atoms with Crippen LogP contribution in [-0.2, 0) is 9.84 Å². The van der Waals surface area contributed by atoms with Crippen LogP contribution in [-0.4, -0.2) is 63.2 Å². The molecule has 128 valence electrons.